The number of nitrogens with one attached hydrogen (secondary N) is 1. The minimum atomic E-state index is -4.54. The lowest BCUT2D eigenvalue weighted by molar-refractivity contribution is -0.141. The van der Waals surface area contributed by atoms with E-state index in [4.69, 9.17) is 4.74 Å². The van der Waals surface area contributed by atoms with Crippen molar-refractivity contribution in [3.8, 4) is 0 Å². The molecule has 6 nitrogen and oxygen atoms in total. The van der Waals surface area contributed by atoms with Crippen molar-refractivity contribution in [2.45, 2.75) is 19.1 Å². The Morgan fingerprint density at radius 3 is 2.38 bits per heavy atom. The summed E-state index contributed by atoms with van der Waals surface area (Å²) >= 11 is 0. The van der Waals surface area contributed by atoms with Gasteiger partial charge in [-0.25, -0.2) is 4.98 Å². The van der Waals surface area contributed by atoms with Crippen LogP contribution in [0.3, 0.4) is 0 Å². The molecule has 1 unspecified atom stereocenters. The number of hydrogen-bond acceptors (Lipinski definition) is 6. The van der Waals surface area contributed by atoms with Gasteiger partial charge in [0.15, 0.2) is 5.69 Å². The third kappa shape index (κ3) is 5.57. The summed E-state index contributed by atoms with van der Waals surface area (Å²) in [4.78, 5) is 11.7. The molecule has 0 bridgehead atoms. The van der Waals surface area contributed by atoms with Gasteiger partial charge in [-0.1, -0.05) is 29.8 Å². The molecule has 9 heteroatoms. The van der Waals surface area contributed by atoms with E-state index in [0.29, 0.717) is 19.8 Å². The highest BCUT2D eigenvalue weighted by Crippen LogP contribution is 2.30. The van der Waals surface area contributed by atoms with Crippen molar-refractivity contribution in [1.29, 1.82) is 0 Å². The van der Waals surface area contributed by atoms with Crippen molar-refractivity contribution < 1.29 is 17.9 Å². The highest BCUT2D eigenvalue weighted by atomic mass is 19.4. The van der Waals surface area contributed by atoms with E-state index in [1.807, 2.05) is 19.1 Å². The van der Waals surface area contributed by atoms with E-state index in [1.54, 1.807) is 14.1 Å². The van der Waals surface area contributed by atoms with Crippen LogP contribution in [0.5, 0.6) is 0 Å². The van der Waals surface area contributed by atoms with Gasteiger partial charge in [0.1, 0.15) is 5.82 Å². The van der Waals surface area contributed by atoms with Crippen molar-refractivity contribution in [1.82, 2.24) is 14.9 Å². The Labute approximate surface area is 168 Å². The average molecular weight is 409 g/mol. The number of nitrogens with zero attached hydrogens (tertiary/aromatic N) is 4. The second-order valence-electron chi connectivity index (χ2n) is 7.28. The molecule has 1 aliphatic rings. The first kappa shape index (κ1) is 21.3. The number of aromatic nitrogens is 2. The molecule has 0 aliphatic carbocycles. The Bertz CT molecular complexity index is 805. The summed E-state index contributed by atoms with van der Waals surface area (Å²) < 4.78 is 45.2. The smallest absolute Gasteiger partial charge is 0.379 e. The first-order valence-corrected chi connectivity index (χ1v) is 9.50. The van der Waals surface area contributed by atoms with Crippen LogP contribution in [0.25, 0.3) is 0 Å². The molecule has 2 heterocycles. The summed E-state index contributed by atoms with van der Waals surface area (Å²) in [6.07, 6.45) is -4.54. The van der Waals surface area contributed by atoms with E-state index in [1.165, 1.54) is 4.90 Å². The maximum absolute atomic E-state index is 13.2. The van der Waals surface area contributed by atoms with Crippen molar-refractivity contribution in [2.75, 3.05) is 57.2 Å². The van der Waals surface area contributed by atoms with E-state index in [2.05, 4.69) is 32.3 Å². The molecule has 0 saturated carbocycles. The van der Waals surface area contributed by atoms with Gasteiger partial charge in [0, 0.05) is 39.8 Å². The molecule has 1 aromatic carbocycles. The maximum atomic E-state index is 13.2. The Hall–Kier alpha value is -2.39. The summed E-state index contributed by atoms with van der Waals surface area (Å²) in [6, 6.07) is 9.09. The normalized spacial score (nSPS) is 16.5. The minimum absolute atomic E-state index is 0.0274. The molecular weight excluding hydrogens is 383 g/mol. The second kappa shape index (κ2) is 8.96. The van der Waals surface area contributed by atoms with Crippen LogP contribution in [-0.4, -0.2) is 61.8 Å². The van der Waals surface area contributed by atoms with Crippen molar-refractivity contribution >= 4 is 11.8 Å². The van der Waals surface area contributed by atoms with E-state index in [-0.39, 0.29) is 17.8 Å². The van der Waals surface area contributed by atoms with E-state index in [0.717, 1.165) is 30.3 Å². The summed E-state index contributed by atoms with van der Waals surface area (Å²) in [7, 11) is 3.30. The van der Waals surface area contributed by atoms with Crippen LogP contribution in [0.1, 0.15) is 22.9 Å². The van der Waals surface area contributed by atoms with Crippen molar-refractivity contribution in [3.63, 3.8) is 0 Å². The Kier molecular flexibility index (Phi) is 6.59. The molecule has 0 spiro atoms. The van der Waals surface area contributed by atoms with Gasteiger partial charge >= 0.3 is 6.18 Å². The molecule has 158 valence electrons. The maximum Gasteiger partial charge on any atom is 0.433 e. The SMILES string of the molecule is Cc1ccc(C(CNc2nc(N(C)C)cc(C(F)(F)F)n2)N2CCOCC2)cc1. The van der Waals surface area contributed by atoms with Crippen LogP contribution in [0.4, 0.5) is 24.9 Å². The van der Waals surface area contributed by atoms with Crippen molar-refractivity contribution in [2.24, 2.45) is 0 Å². The molecule has 1 atom stereocenters. The second-order valence-corrected chi connectivity index (χ2v) is 7.28. The molecule has 3 rings (SSSR count). The monoisotopic (exact) mass is 409 g/mol. The zero-order valence-corrected chi connectivity index (χ0v) is 16.8. The van der Waals surface area contributed by atoms with Gasteiger partial charge < -0.3 is 15.0 Å². The summed E-state index contributed by atoms with van der Waals surface area (Å²) in [5.41, 5.74) is 1.28. The first-order valence-electron chi connectivity index (χ1n) is 9.50. The fourth-order valence-corrected chi connectivity index (χ4v) is 3.21. The Morgan fingerprint density at radius 1 is 1.14 bits per heavy atom. The molecule has 0 amide bonds. The van der Waals surface area contributed by atoms with Gasteiger partial charge in [0.2, 0.25) is 5.95 Å². The van der Waals surface area contributed by atoms with Gasteiger partial charge in [-0.05, 0) is 12.5 Å². The van der Waals surface area contributed by atoms with Crippen LogP contribution in [-0.2, 0) is 10.9 Å². The predicted molar refractivity (Wildman–Crippen MR) is 106 cm³/mol. The van der Waals surface area contributed by atoms with E-state index < -0.39 is 11.9 Å². The minimum Gasteiger partial charge on any atom is -0.379 e. The van der Waals surface area contributed by atoms with Crippen LogP contribution in [0, 0.1) is 6.92 Å². The third-order valence-corrected chi connectivity index (χ3v) is 4.86. The fraction of sp³-hybridized carbons (Fsp3) is 0.500. The zero-order valence-electron chi connectivity index (χ0n) is 16.8. The molecule has 1 aliphatic heterocycles. The molecule has 29 heavy (non-hydrogen) atoms. The lowest BCUT2D eigenvalue weighted by atomic mass is 10.0. The topological polar surface area (TPSA) is 53.5 Å². The number of aryl methyl sites for hydroxylation is 1. The van der Waals surface area contributed by atoms with Gasteiger partial charge in [0.25, 0.3) is 0 Å². The summed E-state index contributed by atoms with van der Waals surface area (Å²) in [6.45, 7) is 5.18. The average Bonchev–Trinajstić information content (AvgIpc) is 2.69. The van der Waals surface area contributed by atoms with Crippen LogP contribution in [0.2, 0.25) is 0 Å². The highest BCUT2D eigenvalue weighted by molar-refractivity contribution is 5.44. The van der Waals surface area contributed by atoms with Crippen molar-refractivity contribution in [3.05, 3.63) is 47.2 Å². The number of anilines is 2. The lowest BCUT2D eigenvalue weighted by Crippen LogP contribution is -2.41. The molecule has 1 N–H and O–H groups in total. The molecule has 0 radical (unpaired) electrons. The number of rotatable bonds is 6. The fourth-order valence-electron chi connectivity index (χ4n) is 3.21. The molecular formula is C20H26F3N5O. The molecule has 1 saturated heterocycles. The number of ether oxygens (including phenoxy) is 1. The number of halogens is 3. The standard InChI is InChI=1S/C20H26F3N5O/c1-14-4-6-15(7-5-14)16(28-8-10-29-11-9-28)13-24-19-25-17(20(21,22)23)12-18(26-19)27(2)3/h4-7,12,16H,8-11,13H2,1-3H3,(H,24,25,26). The van der Waals surface area contributed by atoms with Gasteiger partial charge in [-0.15, -0.1) is 0 Å². The quantitative estimate of drug-likeness (QED) is 0.790. The first-order chi connectivity index (χ1) is 13.7. The van der Waals surface area contributed by atoms with Crippen LogP contribution < -0.4 is 10.2 Å². The zero-order chi connectivity index (χ0) is 21.0. The van der Waals surface area contributed by atoms with E-state index >= 15 is 0 Å². The highest BCUT2D eigenvalue weighted by Gasteiger charge is 2.34. The predicted octanol–water partition coefficient (Wildman–Crippen LogP) is 3.36. The number of hydrogen-bond donors (Lipinski definition) is 1. The largest absolute Gasteiger partial charge is 0.433 e. The molecule has 2 aromatic rings. The summed E-state index contributed by atoms with van der Waals surface area (Å²) in [5.74, 6) is 0.168. The number of benzene rings is 1. The van der Waals surface area contributed by atoms with E-state index in [9.17, 15) is 13.2 Å². The molecule has 1 aromatic heterocycles. The van der Waals surface area contributed by atoms with Gasteiger partial charge in [-0.2, -0.15) is 18.2 Å². The van der Waals surface area contributed by atoms with Crippen LogP contribution in [0.15, 0.2) is 30.3 Å². The lowest BCUT2D eigenvalue weighted by Gasteiger charge is -2.35. The Morgan fingerprint density at radius 2 is 1.79 bits per heavy atom. The summed E-state index contributed by atoms with van der Waals surface area (Å²) in [5, 5.41) is 3.03. The Balaban J connectivity index is 1.84. The number of morpholine rings is 1. The van der Waals surface area contributed by atoms with Crippen LogP contribution >= 0.6 is 0 Å². The van der Waals surface area contributed by atoms with Gasteiger partial charge in [-0.3, -0.25) is 4.90 Å². The molecule has 1 fully saturated rings. The number of alkyl halides is 3. The van der Waals surface area contributed by atoms with Gasteiger partial charge in [0.05, 0.1) is 19.3 Å². The third-order valence-electron chi connectivity index (χ3n) is 4.86.